The van der Waals surface area contributed by atoms with E-state index >= 15 is 0 Å². The number of nitrogens with zero attached hydrogens (tertiary/aromatic N) is 6. The second kappa shape index (κ2) is 9.74. The number of H-pyrrole nitrogens is 1. The molecule has 0 aliphatic carbocycles. The number of nitrogens with one attached hydrogen (secondary N) is 1. The van der Waals surface area contributed by atoms with E-state index in [2.05, 4.69) is 66.8 Å². The van der Waals surface area contributed by atoms with Crippen molar-refractivity contribution < 1.29 is 4.79 Å². The number of benzene rings is 1. The van der Waals surface area contributed by atoms with Crippen molar-refractivity contribution in [2.45, 2.75) is 13.8 Å². The molecule has 9 nitrogen and oxygen atoms in total. The van der Waals surface area contributed by atoms with Gasteiger partial charge in [-0.15, -0.1) is 0 Å². The Hall–Kier alpha value is -3.85. The fraction of sp³-hybridized carbons (Fsp3) is 0.292. The van der Waals surface area contributed by atoms with Gasteiger partial charge in [-0.25, -0.2) is 19.9 Å². The van der Waals surface area contributed by atoms with Gasteiger partial charge >= 0.3 is 0 Å². The van der Waals surface area contributed by atoms with Gasteiger partial charge in [0, 0.05) is 66.6 Å². The summed E-state index contributed by atoms with van der Waals surface area (Å²) < 4.78 is 0. The van der Waals surface area contributed by atoms with Gasteiger partial charge in [-0.1, -0.05) is 12.1 Å². The highest BCUT2D eigenvalue weighted by atomic mass is 16.1. The summed E-state index contributed by atoms with van der Waals surface area (Å²) in [4.78, 5) is 35.0. The number of primary amides is 1. The van der Waals surface area contributed by atoms with Gasteiger partial charge in [-0.2, -0.15) is 0 Å². The molecular formula is C24H28N8O. The molecule has 1 fully saturated rings. The third-order valence-corrected chi connectivity index (χ3v) is 5.80. The molecule has 0 unspecified atom stereocenters. The lowest BCUT2D eigenvalue weighted by molar-refractivity contribution is -0.106. The van der Waals surface area contributed by atoms with Gasteiger partial charge in [0.2, 0.25) is 6.41 Å². The van der Waals surface area contributed by atoms with Crippen molar-refractivity contribution >= 4 is 23.3 Å². The number of carbonyl (C=O) groups excluding carboxylic acids is 1. The summed E-state index contributed by atoms with van der Waals surface area (Å²) in [6.45, 7) is 8.22. The molecule has 4 heterocycles. The second-order valence-corrected chi connectivity index (χ2v) is 8.04. The molecule has 0 saturated carbocycles. The monoisotopic (exact) mass is 444 g/mol. The van der Waals surface area contributed by atoms with Crippen LogP contribution in [-0.2, 0) is 4.79 Å². The van der Waals surface area contributed by atoms with Gasteiger partial charge in [-0.3, -0.25) is 4.79 Å². The number of aryl methyl sites for hydroxylation is 2. The number of aromatic amines is 1. The Morgan fingerprint density at radius 3 is 2.33 bits per heavy atom. The number of rotatable bonds is 3. The molecule has 0 atom stereocenters. The highest BCUT2D eigenvalue weighted by Gasteiger charge is 2.16. The van der Waals surface area contributed by atoms with Gasteiger partial charge in [0.05, 0.1) is 11.9 Å². The van der Waals surface area contributed by atoms with Gasteiger partial charge in [-0.05, 0) is 33.0 Å². The zero-order chi connectivity index (χ0) is 23.4. The Balaban J connectivity index is 0.000000821. The lowest BCUT2D eigenvalue weighted by Crippen LogP contribution is -2.44. The largest absolute Gasteiger partial charge is 0.372 e. The van der Waals surface area contributed by atoms with Crippen molar-refractivity contribution in [1.29, 1.82) is 0 Å². The van der Waals surface area contributed by atoms with Crippen LogP contribution in [0.5, 0.6) is 0 Å². The van der Waals surface area contributed by atoms with Crippen LogP contribution in [0.2, 0.25) is 0 Å². The zero-order valence-corrected chi connectivity index (χ0v) is 19.1. The number of hydrogen-bond acceptors (Lipinski definition) is 7. The molecule has 1 amide bonds. The number of carbonyl (C=O) groups is 1. The minimum Gasteiger partial charge on any atom is -0.372 e. The van der Waals surface area contributed by atoms with Crippen LogP contribution in [0.1, 0.15) is 11.5 Å². The summed E-state index contributed by atoms with van der Waals surface area (Å²) in [5.74, 6) is 0.767. The summed E-state index contributed by atoms with van der Waals surface area (Å²) in [5.41, 5.74) is 11.8. The molecule has 1 saturated heterocycles. The standard InChI is InChI=1S/C23H25N7.CH3NO/c1-15-19(12-24-16(2)27-15)20-13-25-23-22(20)28-21(14-26-23)17-4-6-18(7-5-17)30-10-8-29(3)9-11-30;2-1-3/h4-7,12-14H,8-11H2,1-3H3,(H,25,26);1H,(H2,2,3). The number of aromatic nitrogens is 5. The Labute approximate surface area is 192 Å². The molecule has 4 aromatic rings. The predicted octanol–water partition coefficient (Wildman–Crippen LogP) is 2.55. The van der Waals surface area contributed by atoms with Crippen LogP contribution in [0.3, 0.4) is 0 Å². The molecule has 5 rings (SSSR count). The van der Waals surface area contributed by atoms with Crippen LogP contribution in [0, 0.1) is 13.8 Å². The van der Waals surface area contributed by atoms with E-state index in [0.29, 0.717) is 0 Å². The van der Waals surface area contributed by atoms with E-state index in [4.69, 9.17) is 9.78 Å². The van der Waals surface area contributed by atoms with Crippen LogP contribution < -0.4 is 10.6 Å². The topological polar surface area (TPSA) is 117 Å². The number of likely N-dealkylation sites (N-methyl/N-ethyl adjacent to an activating group) is 1. The first-order valence-electron chi connectivity index (χ1n) is 10.8. The fourth-order valence-electron chi connectivity index (χ4n) is 3.99. The molecule has 3 aromatic heterocycles. The first kappa shape index (κ1) is 22.3. The lowest BCUT2D eigenvalue weighted by Gasteiger charge is -2.34. The molecule has 9 heteroatoms. The number of nitrogens with two attached hydrogens (primary N) is 1. The maximum absolute atomic E-state index is 8.58. The van der Waals surface area contributed by atoms with Crippen molar-refractivity contribution in [2.24, 2.45) is 5.73 Å². The number of amides is 1. The number of piperazine rings is 1. The van der Waals surface area contributed by atoms with E-state index in [-0.39, 0.29) is 6.41 Å². The van der Waals surface area contributed by atoms with Crippen molar-refractivity contribution in [3.8, 4) is 22.4 Å². The SMILES string of the molecule is Cc1ncc(-c2c[nH]c3ncc(-c4ccc(N5CCN(C)CC5)cc4)nc23)c(C)n1.NC=O. The number of fused-ring (bicyclic) bond motifs is 1. The molecule has 0 radical (unpaired) electrons. The molecule has 0 bridgehead atoms. The molecule has 1 aliphatic rings. The van der Waals surface area contributed by atoms with E-state index in [1.54, 1.807) is 0 Å². The van der Waals surface area contributed by atoms with E-state index in [0.717, 1.165) is 71.2 Å². The Kier molecular flexibility index (Phi) is 6.60. The van der Waals surface area contributed by atoms with Gasteiger partial charge < -0.3 is 20.5 Å². The van der Waals surface area contributed by atoms with E-state index < -0.39 is 0 Å². The number of hydrogen-bond donors (Lipinski definition) is 2. The van der Waals surface area contributed by atoms with Gasteiger partial charge in [0.15, 0.2) is 5.65 Å². The first-order chi connectivity index (χ1) is 16.0. The van der Waals surface area contributed by atoms with Crippen LogP contribution in [0.25, 0.3) is 33.5 Å². The summed E-state index contributed by atoms with van der Waals surface area (Å²) in [6.07, 6.45) is 5.87. The smallest absolute Gasteiger partial charge is 0.204 e. The Morgan fingerprint density at radius 2 is 1.67 bits per heavy atom. The molecular weight excluding hydrogens is 416 g/mol. The van der Waals surface area contributed by atoms with E-state index in [9.17, 15) is 0 Å². The van der Waals surface area contributed by atoms with E-state index in [1.165, 1.54) is 5.69 Å². The van der Waals surface area contributed by atoms with Crippen LogP contribution in [0.15, 0.2) is 42.9 Å². The third-order valence-electron chi connectivity index (χ3n) is 5.80. The van der Waals surface area contributed by atoms with E-state index in [1.807, 2.05) is 32.4 Å². The number of anilines is 1. The summed E-state index contributed by atoms with van der Waals surface area (Å²) in [6, 6.07) is 8.64. The third kappa shape index (κ3) is 4.83. The summed E-state index contributed by atoms with van der Waals surface area (Å²) in [5, 5.41) is 0. The highest BCUT2D eigenvalue weighted by molar-refractivity contribution is 5.91. The average Bonchev–Trinajstić information content (AvgIpc) is 3.23. The van der Waals surface area contributed by atoms with Crippen LogP contribution in [0.4, 0.5) is 5.69 Å². The normalized spacial score (nSPS) is 14.1. The van der Waals surface area contributed by atoms with Crippen molar-refractivity contribution in [3.63, 3.8) is 0 Å². The van der Waals surface area contributed by atoms with Gasteiger partial charge in [0.1, 0.15) is 11.3 Å². The maximum atomic E-state index is 8.58. The van der Waals surface area contributed by atoms with Crippen molar-refractivity contribution in [2.75, 3.05) is 38.1 Å². The molecule has 0 spiro atoms. The maximum Gasteiger partial charge on any atom is 0.204 e. The highest BCUT2D eigenvalue weighted by Crippen LogP contribution is 2.30. The molecule has 170 valence electrons. The second-order valence-electron chi connectivity index (χ2n) is 8.04. The molecule has 1 aromatic carbocycles. The molecule has 1 aliphatic heterocycles. The quantitative estimate of drug-likeness (QED) is 0.466. The zero-order valence-electron chi connectivity index (χ0n) is 19.1. The minimum atomic E-state index is 0.250. The summed E-state index contributed by atoms with van der Waals surface area (Å²) in [7, 11) is 2.18. The average molecular weight is 445 g/mol. The molecule has 33 heavy (non-hydrogen) atoms. The van der Waals surface area contributed by atoms with Gasteiger partial charge in [0.25, 0.3) is 0 Å². The minimum absolute atomic E-state index is 0.250. The van der Waals surface area contributed by atoms with Crippen LogP contribution >= 0.6 is 0 Å². The molecule has 3 N–H and O–H groups in total. The first-order valence-corrected chi connectivity index (χ1v) is 10.8. The van der Waals surface area contributed by atoms with Crippen LogP contribution in [-0.4, -0.2) is 69.5 Å². The van der Waals surface area contributed by atoms with Crippen molar-refractivity contribution in [1.82, 2.24) is 29.8 Å². The fourth-order valence-corrected chi connectivity index (χ4v) is 3.99. The predicted molar refractivity (Wildman–Crippen MR) is 130 cm³/mol. The lowest BCUT2D eigenvalue weighted by atomic mass is 10.1. The Morgan fingerprint density at radius 1 is 0.970 bits per heavy atom. The Bertz CT molecular complexity index is 1240. The van der Waals surface area contributed by atoms with Crippen molar-refractivity contribution in [3.05, 3.63) is 54.4 Å². The summed E-state index contributed by atoms with van der Waals surface area (Å²) >= 11 is 0.